The molecule has 1 saturated heterocycles. The highest BCUT2D eigenvalue weighted by Crippen LogP contribution is 2.23. The van der Waals surface area contributed by atoms with Gasteiger partial charge < -0.3 is 4.90 Å². The molecule has 3 rings (SSSR count). The van der Waals surface area contributed by atoms with E-state index in [1.807, 2.05) is 0 Å². The number of halogens is 1. The number of carbonyl (C=O) groups excluding carboxylic acids is 2. The van der Waals surface area contributed by atoms with Crippen LogP contribution in [0.1, 0.15) is 33.7 Å². The van der Waals surface area contributed by atoms with Crippen LogP contribution >= 0.6 is 11.3 Å². The number of Topliss-reactive ketones (excluding diaryl/α,β-unsaturated/α-hetero) is 1. The summed E-state index contributed by atoms with van der Waals surface area (Å²) < 4.78 is 12.9. The molecule has 4 nitrogen and oxygen atoms in total. The average Bonchev–Trinajstić information content (AvgIpc) is 3.09. The maximum absolute atomic E-state index is 12.9. The van der Waals surface area contributed by atoms with Gasteiger partial charge in [-0.05, 0) is 37.1 Å². The zero-order valence-corrected chi connectivity index (χ0v) is 12.7. The van der Waals surface area contributed by atoms with E-state index in [0.29, 0.717) is 37.2 Å². The number of ketones is 1. The summed E-state index contributed by atoms with van der Waals surface area (Å²) in [5.41, 5.74) is 2.64. The van der Waals surface area contributed by atoms with Crippen molar-refractivity contribution in [3.05, 3.63) is 52.2 Å². The van der Waals surface area contributed by atoms with E-state index in [4.69, 9.17) is 0 Å². The smallest absolute Gasteiger partial charge is 0.273 e. The fourth-order valence-corrected chi connectivity index (χ4v) is 3.20. The lowest BCUT2D eigenvalue weighted by molar-refractivity contribution is 0.0646. The first-order chi connectivity index (χ1) is 10.6. The van der Waals surface area contributed by atoms with E-state index < -0.39 is 0 Å². The third-order valence-corrected chi connectivity index (χ3v) is 4.52. The van der Waals surface area contributed by atoms with Gasteiger partial charge in [0.05, 0.1) is 5.51 Å². The highest BCUT2D eigenvalue weighted by molar-refractivity contribution is 7.07. The minimum Gasteiger partial charge on any atom is -0.337 e. The quantitative estimate of drug-likeness (QED) is 0.817. The molecule has 1 fully saturated rings. The lowest BCUT2D eigenvalue weighted by atomic mass is 9.89. The molecule has 1 aromatic carbocycles. The average molecular weight is 318 g/mol. The Morgan fingerprint density at radius 3 is 2.45 bits per heavy atom. The lowest BCUT2D eigenvalue weighted by Crippen LogP contribution is -2.40. The van der Waals surface area contributed by atoms with Gasteiger partial charge in [0.25, 0.3) is 5.91 Å². The molecule has 0 aliphatic carbocycles. The summed E-state index contributed by atoms with van der Waals surface area (Å²) >= 11 is 1.39. The number of thiazole rings is 1. The zero-order valence-electron chi connectivity index (χ0n) is 11.9. The molecule has 0 saturated carbocycles. The van der Waals surface area contributed by atoms with Crippen LogP contribution in [0.5, 0.6) is 0 Å². The van der Waals surface area contributed by atoms with Crippen molar-refractivity contribution < 1.29 is 14.0 Å². The number of piperidine rings is 1. The number of carbonyl (C=O) groups is 2. The molecule has 0 spiro atoms. The van der Waals surface area contributed by atoms with E-state index in [9.17, 15) is 14.0 Å². The summed E-state index contributed by atoms with van der Waals surface area (Å²) in [7, 11) is 0. The van der Waals surface area contributed by atoms with Crippen molar-refractivity contribution in [3.63, 3.8) is 0 Å². The van der Waals surface area contributed by atoms with Crippen molar-refractivity contribution in [2.45, 2.75) is 12.8 Å². The Morgan fingerprint density at radius 1 is 1.18 bits per heavy atom. The van der Waals surface area contributed by atoms with Crippen LogP contribution in [0.4, 0.5) is 4.39 Å². The minimum absolute atomic E-state index is 0.0285. The van der Waals surface area contributed by atoms with E-state index in [1.54, 1.807) is 15.8 Å². The molecule has 0 unspecified atom stereocenters. The fourth-order valence-electron chi connectivity index (χ4n) is 2.67. The predicted octanol–water partition coefficient (Wildman–Crippen LogP) is 3.02. The van der Waals surface area contributed by atoms with Crippen molar-refractivity contribution in [2.24, 2.45) is 5.92 Å². The Labute approximate surface area is 131 Å². The molecule has 6 heteroatoms. The molecular weight excluding hydrogens is 303 g/mol. The molecule has 114 valence electrons. The maximum Gasteiger partial charge on any atom is 0.273 e. The molecule has 0 radical (unpaired) electrons. The van der Waals surface area contributed by atoms with Crippen molar-refractivity contribution in [3.8, 4) is 0 Å². The molecule has 0 atom stereocenters. The highest BCUT2D eigenvalue weighted by Gasteiger charge is 2.28. The third-order valence-electron chi connectivity index (χ3n) is 3.93. The van der Waals surface area contributed by atoms with Gasteiger partial charge in [-0.15, -0.1) is 11.3 Å². The first kappa shape index (κ1) is 14.8. The molecule has 1 aromatic heterocycles. The van der Waals surface area contributed by atoms with Gasteiger partial charge in [0.15, 0.2) is 5.78 Å². The number of aromatic nitrogens is 1. The van der Waals surface area contributed by atoms with Crippen LogP contribution in [0.15, 0.2) is 35.2 Å². The second-order valence-corrected chi connectivity index (χ2v) is 6.03. The maximum atomic E-state index is 12.9. The molecule has 1 amide bonds. The number of nitrogens with zero attached hydrogens (tertiary/aromatic N) is 2. The molecule has 2 aromatic rings. The third kappa shape index (κ3) is 3.06. The molecule has 0 N–H and O–H groups in total. The minimum atomic E-state index is -0.347. The Morgan fingerprint density at radius 2 is 1.86 bits per heavy atom. The van der Waals surface area contributed by atoms with Crippen molar-refractivity contribution in [2.75, 3.05) is 13.1 Å². The molecular formula is C16H15FN2O2S. The highest BCUT2D eigenvalue weighted by atomic mass is 32.1. The summed E-state index contributed by atoms with van der Waals surface area (Å²) in [5, 5.41) is 1.73. The molecule has 0 bridgehead atoms. The van der Waals surface area contributed by atoms with E-state index in [-0.39, 0.29) is 23.4 Å². The van der Waals surface area contributed by atoms with Gasteiger partial charge >= 0.3 is 0 Å². The van der Waals surface area contributed by atoms with Crippen LogP contribution in [-0.2, 0) is 0 Å². The van der Waals surface area contributed by atoms with Crippen LogP contribution in [0, 0.1) is 11.7 Å². The van der Waals surface area contributed by atoms with Crippen molar-refractivity contribution in [1.82, 2.24) is 9.88 Å². The summed E-state index contributed by atoms with van der Waals surface area (Å²) in [6.07, 6.45) is 1.26. The molecule has 2 heterocycles. The monoisotopic (exact) mass is 318 g/mol. The number of benzene rings is 1. The van der Waals surface area contributed by atoms with Gasteiger partial charge in [-0.1, -0.05) is 0 Å². The molecule has 1 aliphatic heterocycles. The first-order valence-corrected chi connectivity index (χ1v) is 8.06. The number of likely N-dealkylation sites (tertiary alicyclic amines) is 1. The van der Waals surface area contributed by atoms with Crippen molar-refractivity contribution >= 4 is 23.0 Å². The standard InChI is InChI=1S/C16H15FN2O2S/c17-13-3-1-11(2-4-13)15(20)12-5-7-19(8-6-12)16(21)14-9-22-10-18-14/h1-4,9-10,12H,5-8H2. The Hall–Kier alpha value is -2.08. The normalized spacial score (nSPS) is 15.8. The van der Waals surface area contributed by atoms with Gasteiger partial charge in [-0.2, -0.15) is 0 Å². The Balaban J connectivity index is 1.60. The second-order valence-electron chi connectivity index (χ2n) is 5.31. The Kier molecular flexibility index (Phi) is 4.29. The number of hydrogen-bond acceptors (Lipinski definition) is 4. The van der Waals surface area contributed by atoms with Crippen LogP contribution < -0.4 is 0 Å². The second kappa shape index (κ2) is 6.36. The predicted molar refractivity (Wildman–Crippen MR) is 81.5 cm³/mol. The summed E-state index contributed by atoms with van der Waals surface area (Å²) in [5.74, 6) is -0.500. The van der Waals surface area contributed by atoms with Crippen LogP contribution in [0.3, 0.4) is 0 Å². The summed E-state index contributed by atoms with van der Waals surface area (Å²) in [6, 6.07) is 5.64. The number of hydrogen-bond donors (Lipinski definition) is 0. The summed E-state index contributed by atoms with van der Waals surface area (Å²) in [6.45, 7) is 1.10. The largest absolute Gasteiger partial charge is 0.337 e. The van der Waals surface area contributed by atoms with Gasteiger partial charge in [-0.3, -0.25) is 9.59 Å². The van der Waals surface area contributed by atoms with Crippen LogP contribution in [-0.4, -0.2) is 34.7 Å². The van der Waals surface area contributed by atoms with Crippen LogP contribution in [0.2, 0.25) is 0 Å². The van der Waals surface area contributed by atoms with Crippen LogP contribution in [0.25, 0.3) is 0 Å². The van der Waals surface area contributed by atoms with Gasteiger partial charge in [0.1, 0.15) is 11.5 Å². The SMILES string of the molecule is O=C(c1ccc(F)cc1)C1CCN(C(=O)c2cscn2)CC1. The zero-order chi connectivity index (χ0) is 15.5. The first-order valence-electron chi connectivity index (χ1n) is 7.12. The van der Waals surface area contributed by atoms with Gasteiger partial charge in [-0.25, -0.2) is 9.37 Å². The van der Waals surface area contributed by atoms with Crippen molar-refractivity contribution in [1.29, 1.82) is 0 Å². The molecule has 1 aliphatic rings. The van der Waals surface area contributed by atoms with E-state index in [0.717, 1.165) is 0 Å². The number of rotatable bonds is 3. The van der Waals surface area contributed by atoms with Gasteiger partial charge in [0.2, 0.25) is 0 Å². The van der Waals surface area contributed by atoms with E-state index >= 15 is 0 Å². The topological polar surface area (TPSA) is 50.3 Å². The van der Waals surface area contributed by atoms with E-state index in [1.165, 1.54) is 35.6 Å². The molecule has 22 heavy (non-hydrogen) atoms. The fraction of sp³-hybridized carbons (Fsp3) is 0.312. The Bertz CT molecular complexity index is 662. The number of amides is 1. The van der Waals surface area contributed by atoms with E-state index in [2.05, 4.69) is 4.98 Å². The summed E-state index contributed by atoms with van der Waals surface area (Å²) in [4.78, 5) is 30.3. The van der Waals surface area contributed by atoms with Gasteiger partial charge in [0, 0.05) is 30.0 Å². The lowest BCUT2D eigenvalue weighted by Gasteiger charge is -2.30.